The molecule has 238 valence electrons. The molecule has 4 atom stereocenters. The first-order valence-electron chi connectivity index (χ1n) is 13.8. The van der Waals surface area contributed by atoms with E-state index in [0.717, 1.165) is 0 Å². The molecule has 44 heavy (non-hydrogen) atoms. The van der Waals surface area contributed by atoms with E-state index in [0.29, 0.717) is 5.56 Å². The van der Waals surface area contributed by atoms with Crippen LogP contribution in [-0.4, -0.2) is 81.5 Å². The first-order chi connectivity index (χ1) is 20.9. The molecule has 0 radical (unpaired) electrons. The van der Waals surface area contributed by atoms with Crippen LogP contribution >= 0.6 is 11.6 Å². The SMILES string of the molecule is COc1cc(OC)c2c(c1Cl)O[C@]1(C2=O)C(O)=C(C(CC(=O)NCC(C)O)c2cc(OC)c(OC)c(OC)c2)C(=O)C[C@H]1C. The topological polar surface area (TPSA) is 159 Å². The van der Waals surface area contributed by atoms with Gasteiger partial charge in [-0.3, -0.25) is 14.4 Å². The van der Waals surface area contributed by atoms with Gasteiger partial charge in [0, 0.05) is 42.9 Å². The van der Waals surface area contributed by atoms with Crippen LogP contribution in [0.25, 0.3) is 0 Å². The predicted octanol–water partition coefficient (Wildman–Crippen LogP) is 3.79. The number of fused-ring (bicyclic) bond motifs is 1. The van der Waals surface area contributed by atoms with Gasteiger partial charge in [0.05, 0.1) is 41.7 Å². The Hall–Kier alpha value is -4.16. The summed E-state index contributed by atoms with van der Waals surface area (Å²) < 4.78 is 33.5. The highest BCUT2D eigenvalue weighted by Gasteiger charge is 2.61. The Morgan fingerprint density at radius 2 is 1.61 bits per heavy atom. The number of aliphatic hydroxyl groups excluding tert-OH is 2. The quantitative estimate of drug-likeness (QED) is 0.330. The van der Waals surface area contributed by atoms with Crippen molar-refractivity contribution in [3.63, 3.8) is 0 Å². The number of methoxy groups -OCH3 is 5. The monoisotopic (exact) mass is 633 g/mol. The standard InChI is InChI=1S/C31H36ClNO11/c1-14-8-18(35)24(29(37)31(14)30(38)25-19(39-3)12-20(40-4)26(32)28(25)44-31)17(11-23(36)33-13-15(2)34)16-9-21(41-5)27(43-7)22(10-16)42-6/h9-10,12,14-15,17,34,37H,8,11,13H2,1-7H3,(H,33,36)/t14-,15?,17?,31+/m1/s1. The molecule has 3 N–H and O–H groups in total. The van der Waals surface area contributed by atoms with Crippen LogP contribution in [0.3, 0.4) is 0 Å². The lowest BCUT2D eigenvalue weighted by Gasteiger charge is -2.38. The zero-order valence-corrected chi connectivity index (χ0v) is 26.3. The molecule has 1 spiro atoms. The van der Waals surface area contributed by atoms with E-state index in [1.807, 2.05) is 0 Å². The van der Waals surface area contributed by atoms with Crippen molar-refractivity contribution >= 4 is 29.1 Å². The van der Waals surface area contributed by atoms with Crippen molar-refractivity contribution in [3.8, 4) is 34.5 Å². The van der Waals surface area contributed by atoms with Gasteiger partial charge in [-0.2, -0.15) is 0 Å². The van der Waals surface area contributed by atoms with Crippen LogP contribution in [0.5, 0.6) is 34.5 Å². The second kappa shape index (κ2) is 12.8. The number of hydrogen-bond acceptors (Lipinski definition) is 11. The highest BCUT2D eigenvalue weighted by Crippen LogP contribution is 2.56. The van der Waals surface area contributed by atoms with E-state index >= 15 is 0 Å². The Morgan fingerprint density at radius 1 is 1.02 bits per heavy atom. The molecule has 1 aliphatic heterocycles. The fraction of sp³-hybridized carbons (Fsp3) is 0.452. The minimum Gasteiger partial charge on any atom is -0.507 e. The second-order valence-corrected chi connectivity index (χ2v) is 11.0. The normalized spacial score (nSPS) is 20.5. The summed E-state index contributed by atoms with van der Waals surface area (Å²) in [6.07, 6.45) is -1.38. The van der Waals surface area contributed by atoms with E-state index in [1.165, 1.54) is 48.5 Å². The van der Waals surface area contributed by atoms with Gasteiger partial charge >= 0.3 is 0 Å². The number of benzene rings is 2. The maximum absolute atomic E-state index is 14.2. The molecule has 0 aromatic heterocycles. The molecule has 0 saturated heterocycles. The van der Waals surface area contributed by atoms with E-state index in [-0.39, 0.29) is 70.0 Å². The summed E-state index contributed by atoms with van der Waals surface area (Å²) >= 11 is 6.56. The summed E-state index contributed by atoms with van der Waals surface area (Å²) in [5.41, 5.74) is -1.91. The summed E-state index contributed by atoms with van der Waals surface area (Å²) in [7, 11) is 7.01. The smallest absolute Gasteiger partial charge is 0.231 e. The lowest BCUT2D eigenvalue weighted by Crippen LogP contribution is -2.53. The third kappa shape index (κ3) is 5.36. The number of allylic oxidation sites excluding steroid dienone is 1. The van der Waals surface area contributed by atoms with Gasteiger partial charge in [0.25, 0.3) is 0 Å². The fourth-order valence-corrected chi connectivity index (χ4v) is 6.01. The van der Waals surface area contributed by atoms with Gasteiger partial charge in [-0.05, 0) is 24.6 Å². The number of ketones is 2. The first kappa shape index (κ1) is 32.7. The van der Waals surface area contributed by atoms with Crippen LogP contribution in [0, 0.1) is 5.92 Å². The molecular weight excluding hydrogens is 598 g/mol. The van der Waals surface area contributed by atoms with E-state index < -0.39 is 46.8 Å². The first-order valence-corrected chi connectivity index (χ1v) is 14.2. The van der Waals surface area contributed by atoms with Gasteiger partial charge in [-0.15, -0.1) is 0 Å². The average molecular weight is 634 g/mol. The third-order valence-electron chi connectivity index (χ3n) is 7.93. The van der Waals surface area contributed by atoms with Crippen molar-refractivity contribution in [2.45, 2.75) is 44.3 Å². The predicted molar refractivity (Wildman–Crippen MR) is 159 cm³/mol. The molecule has 2 unspecified atom stereocenters. The summed E-state index contributed by atoms with van der Waals surface area (Å²) in [6.45, 7) is 3.07. The Balaban J connectivity index is 1.97. The molecule has 4 rings (SSSR count). The molecule has 1 heterocycles. The van der Waals surface area contributed by atoms with Gasteiger partial charge < -0.3 is 44.0 Å². The zero-order valence-electron chi connectivity index (χ0n) is 25.5. The number of ether oxygens (including phenoxy) is 6. The molecule has 0 fully saturated rings. The zero-order chi connectivity index (χ0) is 32.5. The van der Waals surface area contributed by atoms with Crippen molar-refractivity contribution in [1.29, 1.82) is 0 Å². The number of carbonyl (C=O) groups excluding carboxylic acids is 3. The van der Waals surface area contributed by atoms with Crippen LogP contribution in [-0.2, 0) is 9.59 Å². The Labute approximate surface area is 259 Å². The summed E-state index contributed by atoms with van der Waals surface area (Å²) in [4.78, 5) is 41.2. The highest BCUT2D eigenvalue weighted by molar-refractivity contribution is 6.35. The van der Waals surface area contributed by atoms with Gasteiger partial charge in [0.1, 0.15) is 22.1 Å². The maximum atomic E-state index is 14.2. The van der Waals surface area contributed by atoms with Crippen molar-refractivity contribution in [3.05, 3.63) is 45.7 Å². The van der Waals surface area contributed by atoms with Crippen molar-refractivity contribution in [2.75, 3.05) is 42.1 Å². The number of nitrogens with one attached hydrogen (secondary N) is 1. The summed E-state index contributed by atoms with van der Waals surface area (Å²) in [5, 5.41) is 24.4. The molecule has 1 aliphatic carbocycles. The molecule has 0 saturated carbocycles. The number of aliphatic hydroxyl groups is 2. The Bertz CT molecular complexity index is 1490. The Morgan fingerprint density at radius 3 is 2.14 bits per heavy atom. The number of carbonyl (C=O) groups is 3. The minimum absolute atomic E-state index is 0.00865. The van der Waals surface area contributed by atoms with Gasteiger partial charge in [-0.25, -0.2) is 0 Å². The average Bonchev–Trinajstić information content (AvgIpc) is 3.32. The fourth-order valence-electron chi connectivity index (χ4n) is 5.75. The van der Waals surface area contributed by atoms with Crippen LogP contribution in [0.15, 0.2) is 29.5 Å². The molecule has 13 heteroatoms. The van der Waals surface area contributed by atoms with Gasteiger partial charge in [0.15, 0.2) is 28.8 Å². The van der Waals surface area contributed by atoms with E-state index in [2.05, 4.69) is 5.32 Å². The lowest BCUT2D eigenvalue weighted by atomic mass is 9.69. The van der Waals surface area contributed by atoms with Gasteiger partial charge in [-0.1, -0.05) is 18.5 Å². The van der Waals surface area contributed by atoms with Crippen molar-refractivity contribution < 1.29 is 53.0 Å². The lowest BCUT2D eigenvalue weighted by molar-refractivity contribution is -0.122. The number of Topliss-reactive ketones (excluding diaryl/α,β-unsaturated/α-hetero) is 2. The largest absolute Gasteiger partial charge is 0.507 e. The molecule has 12 nitrogen and oxygen atoms in total. The molecule has 1 amide bonds. The summed E-state index contributed by atoms with van der Waals surface area (Å²) in [5.74, 6) is -3.29. The molecule has 2 aromatic rings. The number of hydrogen-bond donors (Lipinski definition) is 3. The van der Waals surface area contributed by atoms with Crippen LogP contribution in [0.1, 0.15) is 48.5 Å². The van der Waals surface area contributed by atoms with E-state index in [1.54, 1.807) is 19.1 Å². The highest BCUT2D eigenvalue weighted by atomic mass is 35.5. The van der Waals surface area contributed by atoms with E-state index in [9.17, 15) is 24.6 Å². The number of halogens is 1. The second-order valence-electron chi connectivity index (χ2n) is 10.6. The minimum atomic E-state index is -2.05. The molecule has 0 bridgehead atoms. The molecule has 2 aliphatic rings. The maximum Gasteiger partial charge on any atom is 0.231 e. The van der Waals surface area contributed by atoms with Crippen LogP contribution in [0.2, 0.25) is 5.02 Å². The number of amides is 1. The third-order valence-corrected chi connectivity index (χ3v) is 8.29. The number of rotatable bonds is 11. The van der Waals surface area contributed by atoms with Crippen molar-refractivity contribution in [2.24, 2.45) is 5.92 Å². The van der Waals surface area contributed by atoms with E-state index in [4.69, 9.17) is 40.0 Å². The van der Waals surface area contributed by atoms with Crippen molar-refractivity contribution in [1.82, 2.24) is 5.32 Å². The molecular formula is C31H36ClNO11. The Kier molecular flexibility index (Phi) is 9.55. The van der Waals surface area contributed by atoms with Crippen LogP contribution in [0.4, 0.5) is 0 Å². The summed E-state index contributed by atoms with van der Waals surface area (Å²) in [6, 6.07) is 4.55. The van der Waals surface area contributed by atoms with Gasteiger partial charge in [0.2, 0.25) is 23.0 Å². The van der Waals surface area contributed by atoms with Crippen LogP contribution < -0.4 is 33.7 Å². The molecule has 2 aromatic carbocycles.